The van der Waals surface area contributed by atoms with Crippen molar-refractivity contribution in [1.82, 2.24) is 14.3 Å². The Hall–Kier alpha value is -2.43. The van der Waals surface area contributed by atoms with Crippen LogP contribution < -0.4 is 10.5 Å². The number of anilines is 1. The molecule has 5 nitrogen and oxygen atoms in total. The van der Waals surface area contributed by atoms with E-state index in [0.29, 0.717) is 5.69 Å². The van der Waals surface area contributed by atoms with Gasteiger partial charge in [0.15, 0.2) is 0 Å². The molecular formula is C15H18N4O. The molecule has 104 valence electrons. The number of benzene rings is 1. The van der Waals surface area contributed by atoms with Crippen molar-refractivity contribution in [3.05, 3.63) is 42.9 Å². The van der Waals surface area contributed by atoms with E-state index < -0.39 is 0 Å². The minimum atomic E-state index is 0.709. The SMILES string of the molecule is COc1ccc2ccn(CCCn3cc(N)cn3)c2c1. The molecular weight excluding hydrogens is 252 g/mol. The fraction of sp³-hybridized carbons (Fsp3) is 0.267. The Morgan fingerprint density at radius 1 is 1.25 bits per heavy atom. The van der Waals surface area contributed by atoms with Gasteiger partial charge in [0.1, 0.15) is 5.75 Å². The third-order valence-electron chi connectivity index (χ3n) is 3.42. The van der Waals surface area contributed by atoms with Crippen molar-refractivity contribution in [3.8, 4) is 5.75 Å². The number of hydrogen-bond donors (Lipinski definition) is 1. The third-order valence-corrected chi connectivity index (χ3v) is 3.42. The van der Waals surface area contributed by atoms with Gasteiger partial charge in [-0.2, -0.15) is 5.10 Å². The first-order valence-corrected chi connectivity index (χ1v) is 6.67. The molecule has 0 unspecified atom stereocenters. The molecule has 0 aliphatic carbocycles. The Labute approximate surface area is 117 Å². The Kier molecular flexibility index (Phi) is 3.33. The van der Waals surface area contributed by atoms with Crippen LogP contribution in [0.1, 0.15) is 6.42 Å². The summed E-state index contributed by atoms with van der Waals surface area (Å²) in [5.74, 6) is 0.886. The van der Waals surface area contributed by atoms with Gasteiger partial charge in [0.2, 0.25) is 0 Å². The number of nitrogens with two attached hydrogens (primary N) is 1. The van der Waals surface area contributed by atoms with E-state index in [1.807, 2.05) is 16.9 Å². The second-order valence-corrected chi connectivity index (χ2v) is 4.82. The molecule has 3 rings (SSSR count). The summed E-state index contributed by atoms with van der Waals surface area (Å²) >= 11 is 0. The average Bonchev–Trinajstić information content (AvgIpc) is 3.05. The van der Waals surface area contributed by atoms with Crippen molar-refractivity contribution in [1.29, 1.82) is 0 Å². The molecule has 0 atom stereocenters. The molecule has 0 saturated carbocycles. The first-order valence-electron chi connectivity index (χ1n) is 6.67. The molecule has 2 N–H and O–H groups in total. The van der Waals surface area contributed by atoms with Crippen LogP contribution in [-0.2, 0) is 13.1 Å². The summed E-state index contributed by atoms with van der Waals surface area (Å²) in [6, 6.07) is 8.26. The molecule has 2 aromatic heterocycles. The molecule has 1 aromatic carbocycles. The predicted octanol–water partition coefficient (Wildman–Crippen LogP) is 2.52. The molecule has 0 amide bonds. The number of nitrogen functional groups attached to an aromatic ring is 1. The lowest BCUT2D eigenvalue weighted by Gasteiger charge is -2.07. The first-order chi connectivity index (χ1) is 9.76. The first kappa shape index (κ1) is 12.6. The average molecular weight is 270 g/mol. The molecule has 0 aliphatic rings. The fourth-order valence-electron chi connectivity index (χ4n) is 2.39. The summed E-state index contributed by atoms with van der Waals surface area (Å²) < 4.78 is 9.40. The molecule has 0 aliphatic heterocycles. The Bertz CT molecular complexity index is 714. The second-order valence-electron chi connectivity index (χ2n) is 4.82. The van der Waals surface area contributed by atoms with E-state index in [4.69, 9.17) is 10.5 Å². The van der Waals surface area contributed by atoms with Crippen LogP contribution in [0.15, 0.2) is 42.9 Å². The van der Waals surface area contributed by atoms with Crippen LogP contribution in [0.3, 0.4) is 0 Å². The largest absolute Gasteiger partial charge is 0.497 e. The number of aromatic nitrogens is 3. The summed E-state index contributed by atoms with van der Waals surface area (Å²) in [7, 11) is 1.69. The van der Waals surface area contributed by atoms with E-state index in [2.05, 4.69) is 34.1 Å². The molecule has 20 heavy (non-hydrogen) atoms. The van der Waals surface area contributed by atoms with Gasteiger partial charge in [-0.15, -0.1) is 0 Å². The summed E-state index contributed by atoms with van der Waals surface area (Å²) in [6.07, 6.45) is 6.65. The van der Waals surface area contributed by atoms with Crippen LogP contribution in [0.2, 0.25) is 0 Å². The standard InChI is InChI=1S/C15H18N4O/c1-20-14-4-3-12-5-8-18(15(12)9-14)6-2-7-19-11-13(16)10-17-19/h3-5,8-11H,2,6-7,16H2,1H3. The summed E-state index contributed by atoms with van der Waals surface area (Å²) in [5, 5.41) is 5.42. The van der Waals surface area contributed by atoms with E-state index >= 15 is 0 Å². The van der Waals surface area contributed by atoms with Crippen LogP contribution >= 0.6 is 0 Å². The monoisotopic (exact) mass is 270 g/mol. The lowest BCUT2D eigenvalue weighted by Crippen LogP contribution is -2.03. The number of rotatable bonds is 5. The molecule has 3 aromatic rings. The predicted molar refractivity (Wildman–Crippen MR) is 79.7 cm³/mol. The maximum Gasteiger partial charge on any atom is 0.120 e. The number of hydrogen-bond acceptors (Lipinski definition) is 3. The van der Waals surface area contributed by atoms with Crippen molar-refractivity contribution in [2.24, 2.45) is 0 Å². The number of nitrogens with zero attached hydrogens (tertiary/aromatic N) is 3. The number of methoxy groups -OCH3 is 1. The number of ether oxygens (including phenoxy) is 1. The van der Waals surface area contributed by atoms with Gasteiger partial charge in [0.25, 0.3) is 0 Å². The molecule has 5 heteroatoms. The zero-order valence-corrected chi connectivity index (χ0v) is 11.5. The summed E-state index contributed by atoms with van der Waals surface area (Å²) in [6.45, 7) is 1.80. The highest BCUT2D eigenvalue weighted by molar-refractivity contribution is 5.81. The van der Waals surface area contributed by atoms with Gasteiger partial charge in [0, 0.05) is 31.5 Å². The highest BCUT2D eigenvalue weighted by Crippen LogP contribution is 2.22. The summed E-state index contributed by atoms with van der Waals surface area (Å²) in [4.78, 5) is 0. The highest BCUT2D eigenvalue weighted by atomic mass is 16.5. The Morgan fingerprint density at radius 3 is 2.90 bits per heavy atom. The van der Waals surface area contributed by atoms with Gasteiger partial charge in [0.05, 0.1) is 24.5 Å². The lowest BCUT2D eigenvalue weighted by atomic mass is 10.2. The normalized spacial score (nSPS) is 11.1. The topological polar surface area (TPSA) is 58.0 Å². The third kappa shape index (κ3) is 2.47. The molecule has 0 bridgehead atoms. The number of aryl methyl sites for hydroxylation is 2. The molecule has 0 radical (unpaired) electrons. The zero-order valence-electron chi connectivity index (χ0n) is 11.5. The van der Waals surface area contributed by atoms with Crippen LogP contribution in [0.25, 0.3) is 10.9 Å². The Morgan fingerprint density at radius 2 is 2.15 bits per heavy atom. The molecule has 0 spiro atoms. The van der Waals surface area contributed by atoms with Gasteiger partial charge in [-0.3, -0.25) is 4.68 Å². The smallest absolute Gasteiger partial charge is 0.120 e. The maximum absolute atomic E-state index is 5.65. The van der Waals surface area contributed by atoms with E-state index in [0.717, 1.165) is 25.3 Å². The van der Waals surface area contributed by atoms with Crippen molar-refractivity contribution < 1.29 is 4.74 Å². The minimum Gasteiger partial charge on any atom is -0.497 e. The Balaban J connectivity index is 1.70. The van der Waals surface area contributed by atoms with Crippen LogP contribution in [-0.4, -0.2) is 21.5 Å². The maximum atomic E-state index is 5.65. The molecule has 2 heterocycles. The summed E-state index contributed by atoms with van der Waals surface area (Å²) in [5.41, 5.74) is 7.56. The van der Waals surface area contributed by atoms with Gasteiger partial charge < -0.3 is 15.0 Å². The van der Waals surface area contributed by atoms with Crippen LogP contribution in [0.5, 0.6) is 5.75 Å². The zero-order chi connectivity index (χ0) is 13.9. The molecule has 0 saturated heterocycles. The minimum absolute atomic E-state index is 0.709. The van der Waals surface area contributed by atoms with E-state index in [1.54, 1.807) is 13.3 Å². The van der Waals surface area contributed by atoms with Crippen LogP contribution in [0, 0.1) is 0 Å². The van der Waals surface area contributed by atoms with Gasteiger partial charge in [-0.05, 0) is 30.0 Å². The van der Waals surface area contributed by atoms with E-state index in [9.17, 15) is 0 Å². The fourth-order valence-corrected chi connectivity index (χ4v) is 2.39. The van der Waals surface area contributed by atoms with E-state index in [1.165, 1.54) is 10.9 Å². The van der Waals surface area contributed by atoms with Crippen molar-refractivity contribution in [2.45, 2.75) is 19.5 Å². The highest BCUT2D eigenvalue weighted by Gasteiger charge is 2.03. The van der Waals surface area contributed by atoms with Crippen molar-refractivity contribution >= 4 is 16.6 Å². The van der Waals surface area contributed by atoms with Gasteiger partial charge in [-0.25, -0.2) is 0 Å². The van der Waals surface area contributed by atoms with Crippen LogP contribution in [0.4, 0.5) is 5.69 Å². The lowest BCUT2D eigenvalue weighted by molar-refractivity contribution is 0.415. The van der Waals surface area contributed by atoms with Gasteiger partial charge >= 0.3 is 0 Å². The second kappa shape index (κ2) is 5.28. The van der Waals surface area contributed by atoms with Crippen molar-refractivity contribution in [3.63, 3.8) is 0 Å². The van der Waals surface area contributed by atoms with E-state index in [-0.39, 0.29) is 0 Å². The van der Waals surface area contributed by atoms with Gasteiger partial charge in [-0.1, -0.05) is 0 Å². The molecule has 0 fully saturated rings. The number of fused-ring (bicyclic) bond motifs is 1. The van der Waals surface area contributed by atoms with Crippen molar-refractivity contribution in [2.75, 3.05) is 12.8 Å². The quantitative estimate of drug-likeness (QED) is 0.775.